The van der Waals surface area contributed by atoms with Crippen LogP contribution in [0.3, 0.4) is 0 Å². The van der Waals surface area contributed by atoms with Crippen molar-refractivity contribution in [2.45, 2.75) is 25.0 Å². The van der Waals surface area contributed by atoms with Crippen LogP contribution in [0.4, 0.5) is 17.5 Å². The van der Waals surface area contributed by atoms with Gasteiger partial charge in [-0.15, -0.1) is 0 Å². The minimum Gasteiger partial charge on any atom is -0.481 e. The summed E-state index contributed by atoms with van der Waals surface area (Å²) < 4.78 is 6.80. The zero-order chi connectivity index (χ0) is 20.2. The number of hydrogen-bond acceptors (Lipinski definition) is 9. The average molecular weight is 397 g/mol. The van der Waals surface area contributed by atoms with Crippen LogP contribution in [0.1, 0.15) is 12.8 Å². The van der Waals surface area contributed by atoms with Crippen LogP contribution >= 0.6 is 0 Å². The van der Waals surface area contributed by atoms with Gasteiger partial charge in [-0.2, -0.15) is 10.1 Å². The lowest BCUT2D eigenvalue weighted by atomic mass is 10.1. The lowest BCUT2D eigenvalue weighted by Gasteiger charge is -2.20. The van der Waals surface area contributed by atoms with E-state index in [4.69, 9.17) is 4.74 Å². The number of pyridine rings is 1. The number of aliphatic hydroxyl groups is 2. The predicted molar refractivity (Wildman–Crippen MR) is 106 cm³/mol. The molecule has 0 unspecified atom stereocenters. The molecule has 1 fully saturated rings. The highest BCUT2D eigenvalue weighted by Gasteiger charge is 2.33. The molecule has 0 radical (unpaired) electrons. The molecule has 0 amide bonds. The Morgan fingerprint density at radius 1 is 1.28 bits per heavy atom. The Kier molecular flexibility index (Phi) is 5.54. The topological polar surface area (TPSA) is 130 Å². The van der Waals surface area contributed by atoms with Gasteiger partial charge in [0.15, 0.2) is 5.82 Å². The minimum absolute atomic E-state index is 0.0573. The first-order valence-electron chi connectivity index (χ1n) is 9.36. The first kappa shape index (κ1) is 19.1. The predicted octanol–water partition coefficient (Wildman–Crippen LogP) is 1.35. The van der Waals surface area contributed by atoms with Crippen LogP contribution < -0.4 is 15.4 Å². The van der Waals surface area contributed by atoms with Gasteiger partial charge < -0.3 is 25.6 Å². The van der Waals surface area contributed by atoms with Gasteiger partial charge in [0.25, 0.3) is 0 Å². The molecule has 10 heteroatoms. The lowest BCUT2D eigenvalue weighted by Crippen LogP contribution is -2.29. The zero-order valence-corrected chi connectivity index (χ0v) is 15.9. The summed E-state index contributed by atoms with van der Waals surface area (Å²) in [4.78, 5) is 13.1. The maximum atomic E-state index is 10.4. The van der Waals surface area contributed by atoms with Gasteiger partial charge in [0, 0.05) is 37.0 Å². The summed E-state index contributed by atoms with van der Waals surface area (Å²) in [5.41, 5.74) is 1.39. The number of anilines is 3. The van der Waals surface area contributed by atoms with Gasteiger partial charge in [-0.05, 0) is 30.9 Å². The van der Waals surface area contributed by atoms with E-state index in [0.717, 1.165) is 5.69 Å². The van der Waals surface area contributed by atoms with Crippen LogP contribution in [-0.2, 0) is 0 Å². The van der Waals surface area contributed by atoms with Crippen LogP contribution in [0.2, 0.25) is 0 Å². The normalized spacial score (nSPS) is 21.1. The summed E-state index contributed by atoms with van der Waals surface area (Å²) in [7, 11) is 1.55. The van der Waals surface area contributed by atoms with Gasteiger partial charge in [-0.25, -0.2) is 14.6 Å². The molecule has 4 N–H and O–H groups in total. The third-order valence-electron chi connectivity index (χ3n) is 4.93. The fourth-order valence-electron chi connectivity index (χ4n) is 3.45. The fourth-order valence-corrected chi connectivity index (χ4v) is 3.45. The van der Waals surface area contributed by atoms with Crippen LogP contribution in [0.25, 0.3) is 5.69 Å². The van der Waals surface area contributed by atoms with Crippen molar-refractivity contribution in [1.29, 1.82) is 0 Å². The van der Waals surface area contributed by atoms with Crippen LogP contribution in [0.15, 0.2) is 43.0 Å². The molecule has 10 nitrogen and oxygen atoms in total. The maximum Gasteiger partial charge on any atom is 0.229 e. The molecule has 1 aliphatic rings. The molecule has 4 rings (SSSR count). The van der Waals surface area contributed by atoms with E-state index in [2.05, 4.69) is 30.7 Å². The fraction of sp³-hybridized carbons (Fsp3) is 0.368. The Morgan fingerprint density at radius 3 is 2.90 bits per heavy atom. The van der Waals surface area contributed by atoms with E-state index in [1.807, 2.05) is 6.07 Å². The summed E-state index contributed by atoms with van der Waals surface area (Å²) in [5, 5.41) is 30.5. The van der Waals surface area contributed by atoms with Crippen LogP contribution in [0.5, 0.6) is 5.88 Å². The van der Waals surface area contributed by atoms with Crippen LogP contribution in [-0.4, -0.2) is 60.8 Å². The van der Waals surface area contributed by atoms with E-state index in [1.54, 1.807) is 48.7 Å². The molecule has 29 heavy (non-hydrogen) atoms. The molecule has 3 heterocycles. The molecule has 0 spiro atoms. The van der Waals surface area contributed by atoms with E-state index >= 15 is 0 Å². The first-order valence-corrected chi connectivity index (χ1v) is 9.36. The van der Waals surface area contributed by atoms with Crippen molar-refractivity contribution < 1.29 is 14.9 Å². The van der Waals surface area contributed by atoms with Crippen molar-refractivity contribution in [1.82, 2.24) is 24.7 Å². The molecule has 0 saturated heterocycles. The number of methoxy groups -OCH3 is 1. The first-order chi connectivity index (χ1) is 14.2. The summed E-state index contributed by atoms with van der Waals surface area (Å²) in [6.07, 6.45) is 7.41. The van der Waals surface area contributed by atoms with Crippen molar-refractivity contribution in [2.24, 2.45) is 5.92 Å². The second-order valence-corrected chi connectivity index (χ2v) is 6.93. The highest BCUT2D eigenvalue weighted by molar-refractivity contribution is 5.61. The molecule has 1 saturated carbocycles. The van der Waals surface area contributed by atoms with Gasteiger partial charge in [0.05, 0.1) is 25.5 Å². The summed E-state index contributed by atoms with van der Waals surface area (Å²) >= 11 is 0. The summed E-state index contributed by atoms with van der Waals surface area (Å²) in [6.45, 7) is 0.0573. The average Bonchev–Trinajstić information content (AvgIpc) is 3.39. The number of aromatic nitrogens is 5. The van der Waals surface area contributed by atoms with E-state index in [9.17, 15) is 10.2 Å². The second kappa shape index (κ2) is 8.41. The molecule has 0 aromatic carbocycles. The monoisotopic (exact) mass is 397 g/mol. The highest BCUT2D eigenvalue weighted by atomic mass is 16.5. The lowest BCUT2D eigenvalue weighted by molar-refractivity contribution is 0.157. The van der Waals surface area contributed by atoms with Crippen molar-refractivity contribution >= 4 is 17.5 Å². The van der Waals surface area contributed by atoms with Crippen molar-refractivity contribution in [3.05, 3.63) is 43.0 Å². The van der Waals surface area contributed by atoms with E-state index in [0.29, 0.717) is 36.2 Å². The molecule has 3 atom stereocenters. The number of nitrogens with one attached hydrogen (secondary N) is 2. The van der Waals surface area contributed by atoms with E-state index in [-0.39, 0.29) is 18.6 Å². The Bertz CT molecular complexity index is 951. The van der Waals surface area contributed by atoms with Crippen molar-refractivity contribution in [3.8, 4) is 11.6 Å². The number of ether oxygens (including phenoxy) is 1. The van der Waals surface area contributed by atoms with Crippen LogP contribution in [0, 0.1) is 5.92 Å². The molecule has 152 valence electrons. The molecule has 1 aliphatic carbocycles. The second-order valence-electron chi connectivity index (χ2n) is 6.93. The Hall–Kier alpha value is -3.24. The largest absolute Gasteiger partial charge is 0.481 e. The quantitative estimate of drug-likeness (QED) is 0.467. The number of rotatable bonds is 7. The summed E-state index contributed by atoms with van der Waals surface area (Å²) in [6, 6.07) is 5.12. The molecular formula is C19H23N7O3. The van der Waals surface area contributed by atoms with E-state index < -0.39 is 6.10 Å². The minimum atomic E-state index is -0.562. The maximum absolute atomic E-state index is 10.4. The third kappa shape index (κ3) is 4.28. The number of aliphatic hydroxyl groups excluding tert-OH is 2. The number of hydrogen-bond donors (Lipinski definition) is 4. The highest BCUT2D eigenvalue weighted by Crippen LogP contribution is 2.30. The molecule has 0 bridgehead atoms. The van der Waals surface area contributed by atoms with Gasteiger partial charge in [0.1, 0.15) is 5.69 Å². The third-order valence-corrected chi connectivity index (χ3v) is 4.93. The standard InChI is InChI=1S/C19H23N7O3/c1-29-17-9-13(3-5-20-17)23-19-21-10-15(26-6-2-4-22-26)18(25-19)24-14-7-12(11-27)8-16(14)28/h2-6,9-10,12,14,16,27-28H,7-8,11H2,1H3,(H2,20,21,23,24,25)/t12-,14+,16+/m0/s1. The van der Waals surface area contributed by atoms with Gasteiger partial charge in [-0.3, -0.25) is 0 Å². The Labute approximate surface area is 167 Å². The molecule has 3 aromatic rings. The molecule has 0 aliphatic heterocycles. The zero-order valence-electron chi connectivity index (χ0n) is 15.9. The van der Waals surface area contributed by atoms with Gasteiger partial charge in [0.2, 0.25) is 11.8 Å². The van der Waals surface area contributed by atoms with Crippen molar-refractivity contribution in [2.75, 3.05) is 24.4 Å². The molecular weight excluding hydrogens is 374 g/mol. The smallest absolute Gasteiger partial charge is 0.229 e. The van der Waals surface area contributed by atoms with Gasteiger partial charge in [-0.1, -0.05) is 0 Å². The summed E-state index contributed by atoms with van der Waals surface area (Å²) in [5.74, 6) is 1.46. The molecule has 3 aromatic heterocycles. The Balaban J connectivity index is 1.62. The Morgan fingerprint density at radius 2 is 2.17 bits per heavy atom. The SMILES string of the molecule is COc1cc(Nc2ncc(-n3cccn3)c(N[C@@H]3C[C@H](CO)C[C@H]3O)n2)ccn1. The number of nitrogens with zero attached hydrogens (tertiary/aromatic N) is 5. The van der Waals surface area contributed by atoms with Crippen molar-refractivity contribution in [3.63, 3.8) is 0 Å². The van der Waals surface area contributed by atoms with Gasteiger partial charge >= 0.3 is 0 Å². The van der Waals surface area contributed by atoms with E-state index in [1.165, 1.54) is 0 Å².